The number of hydrogen-bond acceptors (Lipinski definition) is 3. The van der Waals surface area contributed by atoms with Gasteiger partial charge in [-0.1, -0.05) is 57.5 Å². The number of pyridine rings is 1. The van der Waals surface area contributed by atoms with E-state index in [-0.39, 0.29) is 11.5 Å². The highest BCUT2D eigenvalue weighted by atomic mass is 79.9. The maximum Gasteiger partial charge on any atom is 0.250 e. The molecule has 1 aromatic heterocycles. The lowest BCUT2D eigenvalue weighted by Crippen LogP contribution is -2.20. The quantitative estimate of drug-likeness (QED) is 0.339. The van der Waals surface area contributed by atoms with Gasteiger partial charge in [-0.2, -0.15) is 0 Å². The number of hydrogen-bond donors (Lipinski definition) is 1. The van der Waals surface area contributed by atoms with Gasteiger partial charge >= 0.3 is 0 Å². The highest BCUT2D eigenvalue weighted by molar-refractivity contribution is 9.10. The van der Waals surface area contributed by atoms with Gasteiger partial charge in [0.05, 0.1) is 5.71 Å². The molecule has 0 aliphatic heterocycles. The summed E-state index contributed by atoms with van der Waals surface area (Å²) in [6, 6.07) is 18.0. The second kappa shape index (κ2) is 8.57. The van der Waals surface area contributed by atoms with Gasteiger partial charge in [-0.15, -0.1) is 0 Å². The van der Waals surface area contributed by atoms with E-state index in [1.54, 1.807) is 19.3 Å². The summed E-state index contributed by atoms with van der Waals surface area (Å²) in [6.07, 6.45) is 2.26. The van der Waals surface area contributed by atoms with E-state index in [1.165, 1.54) is 15.7 Å². The predicted octanol–water partition coefficient (Wildman–Crippen LogP) is 5.17. The molecule has 0 aliphatic carbocycles. The SMILES string of the molecule is Cc1cc(=O)n(C)cc1/C(CC(c1ccc(Br)cc1)c1ccccc1C)=N/O. The monoisotopic (exact) mass is 438 g/mol. The van der Waals surface area contributed by atoms with Crippen LogP contribution < -0.4 is 5.56 Å². The Morgan fingerprint density at radius 3 is 2.43 bits per heavy atom. The molecule has 0 amide bonds. The van der Waals surface area contributed by atoms with E-state index >= 15 is 0 Å². The van der Waals surface area contributed by atoms with Crippen molar-refractivity contribution in [3.63, 3.8) is 0 Å². The molecule has 1 unspecified atom stereocenters. The Kier molecular flexibility index (Phi) is 6.15. The number of halogens is 1. The number of benzene rings is 2. The first-order valence-corrected chi connectivity index (χ1v) is 9.89. The van der Waals surface area contributed by atoms with Gasteiger partial charge in [0.25, 0.3) is 5.56 Å². The molecule has 1 N–H and O–H groups in total. The zero-order valence-corrected chi connectivity index (χ0v) is 17.8. The third-order valence-corrected chi connectivity index (χ3v) is 5.63. The van der Waals surface area contributed by atoms with Gasteiger partial charge in [0.15, 0.2) is 0 Å². The van der Waals surface area contributed by atoms with Crippen LogP contribution in [-0.4, -0.2) is 15.5 Å². The highest BCUT2D eigenvalue weighted by Gasteiger charge is 2.21. The van der Waals surface area contributed by atoms with Crippen molar-refractivity contribution < 1.29 is 5.21 Å². The summed E-state index contributed by atoms with van der Waals surface area (Å²) in [4.78, 5) is 11.9. The topological polar surface area (TPSA) is 54.6 Å². The molecular formula is C23H23BrN2O2. The first-order chi connectivity index (χ1) is 13.4. The van der Waals surface area contributed by atoms with E-state index in [4.69, 9.17) is 0 Å². The summed E-state index contributed by atoms with van der Waals surface area (Å²) >= 11 is 3.49. The molecule has 28 heavy (non-hydrogen) atoms. The Balaban J connectivity index is 2.08. The molecule has 2 aromatic carbocycles. The number of nitrogens with zero attached hydrogens (tertiary/aromatic N) is 2. The van der Waals surface area contributed by atoms with Crippen LogP contribution in [0.15, 0.2) is 75.2 Å². The van der Waals surface area contributed by atoms with Crippen LogP contribution in [0.4, 0.5) is 0 Å². The largest absolute Gasteiger partial charge is 0.411 e. The lowest BCUT2D eigenvalue weighted by Gasteiger charge is -2.21. The Bertz CT molecular complexity index is 1070. The summed E-state index contributed by atoms with van der Waals surface area (Å²) in [5.74, 6) is 0.0248. The molecule has 1 atom stereocenters. The Labute approximate surface area is 173 Å². The maximum atomic E-state index is 11.9. The molecular weight excluding hydrogens is 416 g/mol. The summed E-state index contributed by atoms with van der Waals surface area (Å²) in [5.41, 5.74) is 5.57. The molecule has 0 bridgehead atoms. The molecule has 3 rings (SSSR count). The lowest BCUT2D eigenvalue weighted by atomic mass is 9.83. The zero-order valence-electron chi connectivity index (χ0n) is 16.2. The number of rotatable bonds is 5. The molecule has 0 aliphatic rings. The minimum atomic E-state index is -0.0816. The summed E-state index contributed by atoms with van der Waals surface area (Å²) in [6.45, 7) is 3.96. The van der Waals surface area contributed by atoms with E-state index in [9.17, 15) is 10.0 Å². The average molecular weight is 439 g/mol. The van der Waals surface area contributed by atoms with Crippen LogP contribution in [0.2, 0.25) is 0 Å². The molecule has 5 heteroatoms. The number of oxime groups is 1. The van der Waals surface area contributed by atoms with Gasteiger partial charge in [-0.05, 0) is 48.2 Å². The van der Waals surface area contributed by atoms with Crippen molar-refractivity contribution >= 4 is 21.6 Å². The van der Waals surface area contributed by atoms with Crippen molar-refractivity contribution in [3.8, 4) is 0 Å². The van der Waals surface area contributed by atoms with Crippen molar-refractivity contribution in [3.05, 3.63) is 103 Å². The second-order valence-electron chi connectivity index (χ2n) is 7.03. The van der Waals surface area contributed by atoms with Crippen LogP contribution >= 0.6 is 15.9 Å². The van der Waals surface area contributed by atoms with Gasteiger partial charge in [-0.25, -0.2) is 0 Å². The van der Waals surface area contributed by atoms with Crippen LogP contribution in [0.1, 0.15) is 40.2 Å². The number of aromatic nitrogens is 1. The fourth-order valence-electron chi connectivity index (χ4n) is 3.50. The third-order valence-electron chi connectivity index (χ3n) is 5.10. The van der Waals surface area contributed by atoms with Crippen molar-refractivity contribution in [2.24, 2.45) is 12.2 Å². The first kappa shape index (κ1) is 20.1. The van der Waals surface area contributed by atoms with Crippen LogP contribution in [0.5, 0.6) is 0 Å². The van der Waals surface area contributed by atoms with E-state index in [0.717, 1.165) is 21.2 Å². The summed E-state index contributed by atoms with van der Waals surface area (Å²) in [7, 11) is 1.70. The van der Waals surface area contributed by atoms with E-state index in [1.807, 2.05) is 31.2 Å². The Morgan fingerprint density at radius 2 is 1.79 bits per heavy atom. The average Bonchev–Trinajstić information content (AvgIpc) is 2.68. The smallest absolute Gasteiger partial charge is 0.250 e. The molecule has 0 saturated carbocycles. The summed E-state index contributed by atoms with van der Waals surface area (Å²) < 4.78 is 2.53. The molecule has 0 spiro atoms. The normalized spacial score (nSPS) is 12.8. The highest BCUT2D eigenvalue weighted by Crippen LogP contribution is 2.32. The van der Waals surface area contributed by atoms with E-state index < -0.39 is 0 Å². The second-order valence-corrected chi connectivity index (χ2v) is 7.95. The third kappa shape index (κ3) is 4.25. The predicted molar refractivity (Wildman–Crippen MR) is 117 cm³/mol. The van der Waals surface area contributed by atoms with Crippen LogP contribution in [0.25, 0.3) is 0 Å². The van der Waals surface area contributed by atoms with Crippen molar-refractivity contribution in [2.45, 2.75) is 26.2 Å². The minimum Gasteiger partial charge on any atom is -0.411 e. The van der Waals surface area contributed by atoms with Crippen LogP contribution in [-0.2, 0) is 7.05 Å². The molecule has 1 heterocycles. The molecule has 144 valence electrons. The zero-order chi connectivity index (χ0) is 20.3. The fraction of sp³-hybridized carbons (Fsp3) is 0.217. The first-order valence-electron chi connectivity index (χ1n) is 9.10. The fourth-order valence-corrected chi connectivity index (χ4v) is 3.77. The molecule has 3 aromatic rings. The minimum absolute atomic E-state index is 0.0248. The molecule has 0 fully saturated rings. The Hall–Kier alpha value is -2.66. The van der Waals surface area contributed by atoms with Crippen molar-refractivity contribution in [1.29, 1.82) is 0 Å². The standard InChI is InChI=1S/C23H23BrN2O2/c1-15-6-4-5-7-19(15)20(17-8-10-18(24)11-9-17)13-22(25-28)21-14-26(3)23(27)12-16(21)2/h4-12,14,20,28H,13H2,1-3H3/b25-22+. The van der Waals surface area contributed by atoms with Gasteiger partial charge in [-0.3, -0.25) is 4.79 Å². The number of aryl methyl sites for hydroxylation is 3. The molecule has 0 radical (unpaired) electrons. The molecule has 0 saturated heterocycles. The maximum absolute atomic E-state index is 11.9. The van der Waals surface area contributed by atoms with Crippen molar-refractivity contribution in [1.82, 2.24) is 4.57 Å². The van der Waals surface area contributed by atoms with Crippen LogP contribution in [0, 0.1) is 13.8 Å². The summed E-state index contributed by atoms with van der Waals surface area (Å²) in [5, 5.41) is 13.4. The van der Waals surface area contributed by atoms with Gasteiger partial charge in [0.2, 0.25) is 0 Å². The van der Waals surface area contributed by atoms with Crippen LogP contribution in [0.3, 0.4) is 0 Å². The Morgan fingerprint density at radius 1 is 1.11 bits per heavy atom. The van der Waals surface area contributed by atoms with Gasteiger partial charge in [0.1, 0.15) is 0 Å². The van der Waals surface area contributed by atoms with E-state index in [2.05, 4.69) is 52.3 Å². The van der Waals surface area contributed by atoms with Crippen molar-refractivity contribution in [2.75, 3.05) is 0 Å². The van der Waals surface area contributed by atoms with Gasteiger partial charge in [0, 0.05) is 41.7 Å². The van der Waals surface area contributed by atoms with Gasteiger partial charge < -0.3 is 9.77 Å². The molecule has 4 nitrogen and oxygen atoms in total. The lowest BCUT2D eigenvalue weighted by molar-refractivity contribution is 0.317. The van der Waals surface area contributed by atoms with E-state index in [0.29, 0.717) is 12.1 Å².